The van der Waals surface area contributed by atoms with E-state index < -0.39 is 0 Å². The van der Waals surface area contributed by atoms with Crippen molar-refractivity contribution >= 4 is 11.6 Å². The van der Waals surface area contributed by atoms with E-state index in [1.807, 2.05) is 12.1 Å². The van der Waals surface area contributed by atoms with E-state index in [-0.39, 0.29) is 22.7 Å². The van der Waals surface area contributed by atoms with Crippen molar-refractivity contribution in [2.75, 3.05) is 12.4 Å². The number of ether oxygens (including phenoxy) is 1. The summed E-state index contributed by atoms with van der Waals surface area (Å²) in [4.78, 5) is 12.5. The van der Waals surface area contributed by atoms with Crippen LogP contribution in [0.2, 0.25) is 0 Å². The topological polar surface area (TPSA) is 122 Å². The van der Waals surface area contributed by atoms with Crippen LogP contribution in [-0.4, -0.2) is 13.0 Å². The van der Waals surface area contributed by atoms with Gasteiger partial charge in [0, 0.05) is 6.54 Å². The van der Waals surface area contributed by atoms with E-state index in [1.54, 1.807) is 61.7 Å². The number of hydrogen-bond acceptors (Lipinski definition) is 6. The van der Waals surface area contributed by atoms with E-state index in [2.05, 4.69) is 10.6 Å². The molecule has 0 aliphatic carbocycles. The van der Waals surface area contributed by atoms with Gasteiger partial charge in [0.2, 0.25) is 0 Å². The van der Waals surface area contributed by atoms with Crippen LogP contribution in [0.15, 0.2) is 59.8 Å². The molecular weight excluding hydrogens is 342 g/mol. The number of carbonyl (C=O) groups excluding carboxylic acids is 1. The first-order valence-electron chi connectivity index (χ1n) is 7.84. The van der Waals surface area contributed by atoms with Crippen LogP contribution in [0.5, 0.6) is 5.75 Å². The van der Waals surface area contributed by atoms with Gasteiger partial charge in [-0.25, -0.2) is 0 Å². The zero-order valence-electron chi connectivity index (χ0n) is 14.5. The molecule has 0 heterocycles. The molecule has 0 fully saturated rings. The van der Waals surface area contributed by atoms with Gasteiger partial charge in [-0.2, -0.15) is 15.8 Å². The van der Waals surface area contributed by atoms with Crippen molar-refractivity contribution in [1.82, 2.24) is 5.32 Å². The molecule has 2 aromatic carbocycles. The number of para-hydroxylation sites is 1. The van der Waals surface area contributed by atoms with Crippen molar-refractivity contribution < 1.29 is 9.53 Å². The molecule has 132 valence electrons. The van der Waals surface area contributed by atoms with Gasteiger partial charge in [0.25, 0.3) is 5.91 Å². The van der Waals surface area contributed by atoms with Crippen molar-refractivity contribution in [2.45, 2.75) is 6.54 Å². The van der Waals surface area contributed by atoms with Crippen molar-refractivity contribution in [3.8, 4) is 24.0 Å². The third kappa shape index (κ3) is 4.85. The summed E-state index contributed by atoms with van der Waals surface area (Å²) in [5.41, 5.74) is 0.933. The van der Waals surface area contributed by atoms with Gasteiger partial charge in [-0.15, -0.1) is 0 Å². The largest absolute Gasteiger partial charge is 0.497 e. The standard InChI is InChI=1S/C20H15N5O2/c1-27-16-8-6-14(7-9-16)13-24-20(26)17-4-2-3-5-18(17)25-19(12-23)15(10-21)11-22/h2-9,25H,13H2,1H3,(H,24,26). The summed E-state index contributed by atoms with van der Waals surface area (Å²) in [6.45, 7) is 0.305. The number of anilines is 1. The van der Waals surface area contributed by atoms with Crippen molar-refractivity contribution in [2.24, 2.45) is 0 Å². The molecule has 0 aliphatic rings. The maximum Gasteiger partial charge on any atom is 0.253 e. The second-order valence-electron chi connectivity index (χ2n) is 5.29. The minimum Gasteiger partial charge on any atom is -0.497 e. The van der Waals surface area contributed by atoms with E-state index >= 15 is 0 Å². The lowest BCUT2D eigenvalue weighted by molar-refractivity contribution is 0.0951. The molecule has 2 N–H and O–H groups in total. The van der Waals surface area contributed by atoms with Crippen LogP contribution < -0.4 is 15.4 Å². The van der Waals surface area contributed by atoms with Crippen LogP contribution in [0.4, 0.5) is 5.69 Å². The number of nitriles is 3. The van der Waals surface area contributed by atoms with Crippen LogP contribution in [-0.2, 0) is 6.54 Å². The molecule has 0 saturated heterocycles. The molecule has 1 amide bonds. The smallest absolute Gasteiger partial charge is 0.253 e. The van der Waals surface area contributed by atoms with Gasteiger partial charge < -0.3 is 15.4 Å². The maximum absolute atomic E-state index is 12.5. The number of rotatable bonds is 6. The minimum atomic E-state index is -0.360. The Morgan fingerprint density at radius 3 is 2.26 bits per heavy atom. The summed E-state index contributed by atoms with van der Waals surface area (Å²) in [5.74, 6) is 0.364. The zero-order valence-corrected chi connectivity index (χ0v) is 14.5. The predicted octanol–water partition coefficient (Wildman–Crippen LogP) is 2.86. The monoisotopic (exact) mass is 357 g/mol. The fraction of sp³-hybridized carbons (Fsp3) is 0.100. The van der Waals surface area contributed by atoms with E-state index in [9.17, 15) is 4.79 Å². The van der Waals surface area contributed by atoms with Crippen LogP contribution in [0.3, 0.4) is 0 Å². The summed E-state index contributed by atoms with van der Waals surface area (Å²) < 4.78 is 5.09. The normalized spacial score (nSPS) is 9.11. The first-order valence-corrected chi connectivity index (χ1v) is 7.84. The number of hydrogen-bond donors (Lipinski definition) is 2. The Balaban J connectivity index is 2.18. The van der Waals surface area contributed by atoms with Gasteiger partial charge in [0.05, 0.1) is 18.4 Å². The fourth-order valence-electron chi connectivity index (χ4n) is 2.23. The third-order valence-corrected chi connectivity index (χ3v) is 3.63. The maximum atomic E-state index is 12.5. The van der Waals surface area contributed by atoms with E-state index in [4.69, 9.17) is 20.5 Å². The SMILES string of the molecule is COc1ccc(CNC(=O)c2ccccc2NC(C#N)=C(C#N)C#N)cc1. The van der Waals surface area contributed by atoms with E-state index in [1.165, 1.54) is 0 Å². The molecule has 0 spiro atoms. The number of allylic oxidation sites excluding steroid dienone is 2. The number of benzene rings is 2. The predicted molar refractivity (Wildman–Crippen MR) is 98.1 cm³/mol. The number of amides is 1. The van der Waals surface area contributed by atoms with Crippen molar-refractivity contribution in [1.29, 1.82) is 15.8 Å². The summed E-state index contributed by atoms with van der Waals surface area (Å²) in [7, 11) is 1.58. The highest BCUT2D eigenvalue weighted by Crippen LogP contribution is 2.18. The number of nitrogens with one attached hydrogen (secondary N) is 2. The molecule has 0 radical (unpaired) electrons. The number of methoxy groups -OCH3 is 1. The van der Waals surface area contributed by atoms with Crippen LogP contribution >= 0.6 is 0 Å². The van der Waals surface area contributed by atoms with Gasteiger partial charge in [0.1, 0.15) is 29.7 Å². The molecule has 0 aliphatic heterocycles. The van der Waals surface area contributed by atoms with Gasteiger partial charge in [-0.1, -0.05) is 24.3 Å². The fourth-order valence-corrected chi connectivity index (χ4v) is 2.23. The summed E-state index contributed by atoms with van der Waals surface area (Å²) in [6.07, 6.45) is 0. The number of carbonyl (C=O) groups is 1. The van der Waals surface area contributed by atoms with Gasteiger partial charge in [-0.05, 0) is 29.8 Å². The van der Waals surface area contributed by atoms with E-state index in [0.717, 1.165) is 11.3 Å². The molecule has 2 aromatic rings. The molecule has 27 heavy (non-hydrogen) atoms. The van der Waals surface area contributed by atoms with Crippen molar-refractivity contribution in [3.63, 3.8) is 0 Å². The second-order valence-corrected chi connectivity index (χ2v) is 5.29. The minimum absolute atomic E-state index is 0.213. The Kier molecular flexibility index (Phi) is 6.54. The molecule has 7 nitrogen and oxygen atoms in total. The quantitative estimate of drug-likeness (QED) is 0.767. The lowest BCUT2D eigenvalue weighted by Gasteiger charge is -2.12. The highest BCUT2D eigenvalue weighted by atomic mass is 16.5. The zero-order chi connectivity index (χ0) is 19.6. The lowest BCUT2D eigenvalue weighted by atomic mass is 10.1. The van der Waals surface area contributed by atoms with E-state index in [0.29, 0.717) is 12.2 Å². The first kappa shape index (κ1) is 19.1. The van der Waals surface area contributed by atoms with Crippen LogP contribution in [0.25, 0.3) is 0 Å². The van der Waals surface area contributed by atoms with Crippen LogP contribution in [0.1, 0.15) is 15.9 Å². The molecular formula is C20H15N5O2. The average molecular weight is 357 g/mol. The Morgan fingerprint density at radius 2 is 1.67 bits per heavy atom. The Morgan fingerprint density at radius 1 is 1.00 bits per heavy atom. The van der Waals surface area contributed by atoms with Gasteiger partial charge in [0.15, 0.2) is 5.57 Å². The molecule has 0 bridgehead atoms. The Hall–Kier alpha value is -4.28. The first-order chi connectivity index (χ1) is 13.1. The van der Waals surface area contributed by atoms with Gasteiger partial charge in [-0.3, -0.25) is 4.79 Å². The lowest BCUT2D eigenvalue weighted by Crippen LogP contribution is -2.24. The highest BCUT2D eigenvalue weighted by molar-refractivity contribution is 6.00. The Bertz CT molecular complexity index is 973. The molecule has 2 rings (SSSR count). The number of nitrogens with zero attached hydrogens (tertiary/aromatic N) is 3. The third-order valence-electron chi connectivity index (χ3n) is 3.63. The molecule has 0 saturated carbocycles. The van der Waals surface area contributed by atoms with Gasteiger partial charge >= 0.3 is 0 Å². The summed E-state index contributed by atoms with van der Waals surface area (Å²) in [5, 5.41) is 32.5. The molecule has 7 heteroatoms. The molecule has 0 atom stereocenters. The Labute approximate surface area is 156 Å². The molecule has 0 aromatic heterocycles. The molecule has 0 unspecified atom stereocenters. The second kappa shape index (κ2) is 9.27. The van der Waals surface area contributed by atoms with Crippen LogP contribution in [0, 0.1) is 34.0 Å². The van der Waals surface area contributed by atoms with Crippen molar-refractivity contribution in [3.05, 3.63) is 70.9 Å². The summed E-state index contributed by atoms with van der Waals surface area (Å²) >= 11 is 0. The summed E-state index contributed by atoms with van der Waals surface area (Å²) in [6, 6.07) is 18.9. The average Bonchev–Trinajstić information content (AvgIpc) is 2.72. The highest BCUT2D eigenvalue weighted by Gasteiger charge is 2.13.